The van der Waals surface area contributed by atoms with E-state index >= 15 is 0 Å². The number of carbonyl (C=O) groups is 1. The smallest absolute Gasteiger partial charge is 0.320 e. The van der Waals surface area contributed by atoms with E-state index in [4.69, 9.17) is 16.1 Å². The van der Waals surface area contributed by atoms with Gasteiger partial charge in [-0.25, -0.2) is 0 Å². The minimum atomic E-state index is -1.06. The molecule has 0 amide bonds. The summed E-state index contributed by atoms with van der Waals surface area (Å²) >= 11 is 0. The third-order valence-corrected chi connectivity index (χ3v) is 1.89. The number of nitrogens with two attached hydrogens (primary N) is 1. The molecule has 4 nitrogen and oxygen atoms in total. The first-order valence-corrected chi connectivity index (χ1v) is 4.11. The van der Waals surface area contributed by atoms with Crippen LogP contribution in [0.1, 0.15) is 11.1 Å². The Morgan fingerprint density at radius 3 is 2.79 bits per heavy atom. The lowest BCUT2D eigenvalue weighted by molar-refractivity contribution is -0.138. The van der Waals surface area contributed by atoms with Crippen LogP contribution in [-0.4, -0.2) is 17.1 Å². The van der Waals surface area contributed by atoms with Gasteiger partial charge in [-0.3, -0.25) is 4.79 Å². The van der Waals surface area contributed by atoms with Gasteiger partial charge < -0.3 is 10.8 Å². The van der Waals surface area contributed by atoms with Crippen LogP contribution >= 0.6 is 0 Å². The molecule has 0 radical (unpaired) electrons. The predicted octanol–water partition coefficient (Wildman–Crippen LogP) is 0.513. The van der Waals surface area contributed by atoms with Crippen molar-refractivity contribution in [3.8, 4) is 6.07 Å². The molecule has 1 unspecified atom stereocenters. The molecule has 1 atom stereocenters. The zero-order valence-electron chi connectivity index (χ0n) is 7.47. The predicted molar refractivity (Wildman–Crippen MR) is 50.5 cm³/mol. The first kappa shape index (κ1) is 10.2. The number of nitriles is 1. The van der Waals surface area contributed by atoms with Gasteiger partial charge in [0.15, 0.2) is 0 Å². The summed E-state index contributed by atoms with van der Waals surface area (Å²) in [7, 11) is 0. The van der Waals surface area contributed by atoms with E-state index in [0.29, 0.717) is 11.1 Å². The van der Waals surface area contributed by atoms with E-state index in [1.807, 2.05) is 6.07 Å². The molecule has 72 valence electrons. The first-order chi connectivity index (χ1) is 6.65. The van der Waals surface area contributed by atoms with Crippen LogP contribution in [0.2, 0.25) is 0 Å². The molecule has 0 saturated carbocycles. The number of aliphatic carboxylic acids is 1. The minimum absolute atomic E-state index is 0.180. The van der Waals surface area contributed by atoms with Crippen LogP contribution in [0, 0.1) is 11.3 Å². The quantitative estimate of drug-likeness (QED) is 0.727. The molecule has 0 aliphatic carbocycles. The maximum atomic E-state index is 10.5. The van der Waals surface area contributed by atoms with Crippen molar-refractivity contribution in [3.05, 3.63) is 35.4 Å². The van der Waals surface area contributed by atoms with Gasteiger partial charge in [-0.05, 0) is 18.1 Å². The topological polar surface area (TPSA) is 87.1 Å². The summed E-state index contributed by atoms with van der Waals surface area (Å²) in [6.07, 6.45) is 0.180. The summed E-state index contributed by atoms with van der Waals surface area (Å²) in [5, 5.41) is 17.3. The van der Waals surface area contributed by atoms with Crippen LogP contribution in [0.3, 0.4) is 0 Å². The average Bonchev–Trinajstić information content (AvgIpc) is 2.18. The van der Waals surface area contributed by atoms with Crippen LogP contribution < -0.4 is 5.73 Å². The van der Waals surface area contributed by atoms with Crippen LogP contribution in [0.5, 0.6) is 0 Å². The number of rotatable bonds is 3. The van der Waals surface area contributed by atoms with E-state index in [-0.39, 0.29) is 6.42 Å². The van der Waals surface area contributed by atoms with Gasteiger partial charge in [0.05, 0.1) is 11.6 Å². The van der Waals surface area contributed by atoms with Gasteiger partial charge in [0.2, 0.25) is 0 Å². The molecule has 1 aromatic rings. The Hall–Kier alpha value is -1.86. The molecule has 4 heteroatoms. The highest BCUT2D eigenvalue weighted by Gasteiger charge is 2.13. The van der Waals surface area contributed by atoms with Crippen molar-refractivity contribution < 1.29 is 9.90 Å². The zero-order chi connectivity index (χ0) is 10.6. The van der Waals surface area contributed by atoms with Gasteiger partial charge in [0, 0.05) is 0 Å². The highest BCUT2D eigenvalue weighted by molar-refractivity contribution is 5.73. The van der Waals surface area contributed by atoms with E-state index in [0.717, 1.165) is 0 Å². The molecule has 0 aliphatic heterocycles. The maximum Gasteiger partial charge on any atom is 0.320 e. The molecule has 0 aromatic heterocycles. The minimum Gasteiger partial charge on any atom is -0.480 e. The Labute approximate surface area is 81.6 Å². The third-order valence-electron chi connectivity index (χ3n) is 1.89. The number of hydrogen-bond acceptors (Lipinski definition) is 3. The molecule has 1 aromatic carbocycles. The van der Waals surface area contributed by atoms with Gasteiger partial charge in [0.1, 0.15) is 6.04 Å². The lowest BCUT2D eigenvalue weighted by Crippen LogP contribution is -2.32. The van der Waals surface area contributed by atoms with Crippen LogP contribution in [0.25, 0.3) is 0 Å². The molecule has 1 rings (SSSR count). The number of nitrogens with zero attached hydrogens (tertiary/aromatic N) is 1. The van der Waals surface area contributed by atoms with Crippen molar-refractivity contribution in [2.24, 2.45) is 5.73 Å². The Bertz CT molecular complexity index is 382. The fourth-order valence-electron chi connectivity index (χ4n) is 1.13. The fraction of sp³-hybridized carbons (Fsp3) is 0.200. The highest BCUT2D eigenvalue weighted by atomic mass is 16.4. The molecular weight excluding hydrogens is 180 g/mol. The largest absolute Gasteiger partial charge is 0.480 e. The number of carboxylic acid groups (broad SMARTS) is 1. The summed E-state index contributed by atoms with van der Waals surface area (Å²) in [5.41, 5.74) is 6.51. The van der Waals surface area contributed by atoms with Crippen molar-refractivity contribution in [2.75, 3.05) is 0 Å². The molecule has 0 spiro atoms. The van der Waals surface area contributed by atoms with Crippen LogP contribution in [-0.2, 0) is 11.2 Å². The standard InChI is InChI=1S/C10H10N2O2/c11-6-8-4-2-1-3-7(8)5-9(12)10(13)14/h1-4,9H,5,12H2,(H,13,14). The normalized spacial score (nSPS) is 11.7. The van der Waals surface area contributed by atoms with Crippen LogP contribution in [0.15, 0.2) is 24.3 Å². The molecule has 0 fully saturated rings. The average molecular weight is 190 g/mol. The second kappa shape index (κ2) is 4.40. The molecule has 0 saturated heterocycles. The third kappa shape index (κ3) is 2.31. The molecule has 14 heavy (non-hydrogen) atoms. The number of hydrogen-bond donors (Lipinski definition) is 2. The summed E-state index contributed by atoms with van der Waals surface area (Å²) < 4.78 is 0. The van der Waals surface area contributed by atoms with E-state index in [1.165, 1.54) is 0 Å². The van der Waals surface area contributed by atoms with E-state index in [2.05, 4.69) is 0 Å². The van der Waals surface area contributed by atoms with Crippen molar-refractivity contribution >= 4 is 5.97 Å². The molecule has 0 heterocycles. The Kier molecular flexibility index (Phi) is 3.21. The van der Waals surface area contributed by atoms with Gasteiger partial charge in [-0.15, -0.1) is 0 Å². The zero-order valence-corrected chi connectivity index (χ0v) is 7.47. The van der Waals surface area contributed by atoms with Gasteiger partial charge >= 0.3 is 5.97 Å². The lowest BCUT2D eigenvalue weighted by Gasteiger charge is -2.07. The van der Waals surface area contributed by atoms with Gasteiger partial charge in [-0.1, -0.05) is 18.2 Å². The van der Waals surface area contributed by atoms with E-state index in [9.17, 15) is 4.79 Å². The summed E-state index contributed by atoms with van der Waals surface area (Å²) in [6.45, 7) is 0. The SMILES string of the molecule is N#Cc1ccccc1CC(N)C(=O)O. The van der Waals surface area contributed by atoms with E-state index in [1.54, 1.807) is 24.3 Å². The van der Waals surface area contributed by atoms with Gasteiger partial charge in [0.25, 0.3) is 0 Å². The Morgan fingerprint density at radius 1 is 1.57 bits per heavy atom. The van der Waals surface area contributed by atoms with Crippen LogP contribution in [0.4, 0.5) is 0 Å². The maximum absolute atomic E-state index is 10.5. The van der Waals surface area contributed by atoms with E-state index < -0.39 is 12.0 Å². The first-order valence-electron chi connectivity index (χ1n) is 4.11. The second-order valence-corrected chi connectivity index (χ2v) is 2.92. The fourth-order valence-corrected chi connectivity index (χ4v) is 1.13. The monoisotopic (exact) mass is 190 g/mol. The highest BCUT2D eigenvalue weighted by Crippen LogP contribution is 2.09. The van der Waals surface area contributed by atoms with Crippen molar-refractivity contribution in [1.82, 2.24) is 0 Å². The lowest BCUT2D eigenvalue weighted by atomic mass is 10.0. The summed E-state index contributed by atoms with van der Waals surface area (Å²) in [4.78, 5) is 10.5. The number of carboxylic acids is 1. The van der Waals surface area contributed by atoms with Crippen molar-refractivity contribution in [2.45, 2.75) is 12.5 Å². The Morgan fingerprint density at radius 2 is 2.21 bits per heavy atom. The van der Waals surface area contributed by atoms with Gasteiger partial charge in [-0.2, -0.15) is 5.26 Å². The molecule has 0 bridgehead atoms. The molecule has 3 N–H and O–H groups in total. The molecular formula is C10H10N2O2. The summed E-state index contributed by atoms with van der Waals surface area (Å²) in [6, 6.07) is 7.87. The second-order valence-electron chi connectivity index (χ2n) is 2.92. The Balaban J connectivity index is 2.87. The van der Waals surface area contributed by atoms with Crippen molar-refractivity contribution in [1.29, 1.82) is 5.26 Å². The number of benzene rings is 1. The van der Waals surface area contributed by atoms with Crippen molar-refractivity contribution in [3.63, 3.8) is 0 Å². The summed E-state index contributed by atoms with van der Waals surface area (Å²) in [5.74, 6) is -1.06. The molecule has 0 aliphatic rings.